The molecule has 0 aromatic carbocycles. The second-order valence-electron chi connectivity index (χ2n) is 6.19. The van der Waals surface area contributed by atoms with Crippen LogP contribution in [0, 0.1) is 0 Å². The lowest BCUT2D eigenvalue weighted by molar-refractivity contribution is -0.0265. The van der Waals surface area contributed by atoms with Gasteiger partial charge >= 0.3 is 0 Å². The number of rotatable bonds is 2. The van der Waals surface area contributed by atoms with Crippen molar-refractivity contribution in [3.8, 4) is 0 Å². The van der Waals surface area contributed by atoms with Gasteiger partial charge in [-0.1, -0.05) is 25.3 Å². The van der Waals surface area contributed by atoms with E-state index in [2.05, 4.69) is 24.8 Å². The number of H-pyrrole nitrogens is 1. The third-order valence-electron chi connectivity index (χ3n) is 3.40. The Hall–Kier alpha value is -1.87. The maximum Gasteiger partial charge on any atom is 0.267 e. The van der Waals surface area contributed by atoms with Crippen LogP contribution in [0.4, 0.5) is 0 Å². The first-order valence-electron chi connectivity index (χ1n) is 7.06. The molecule has 118 valence electrons. The Morgan fingerprint density at radius 3 is 2.95 bits per heavy atom. The third-order valence-corrected chi connectivity index (χ3v) is 4.06. The molecule has 0 aliphatic carbocycles. The van der Waals surface area contributed by atoms with Gasteiger partial charge in [-0.3, -0.25) is 9.89 Å². The standard InChI is InChI=1S/C13H18N6O2S/c1-13(2,3)12-15-10(16-17-12)8-7-19(4-5-21-8)11(20)9-6-14-18-22-9/h6,8H,4-5,7H2,1-3H3,(H,15,16,17)/t8-/m1/s1. The average Bonchev–Trinajstić information content (AvgIpc) is 3.17. The van der Waals surface area contributed by atoms with Gasteiger partial charge in [0, 0.05) is 12.0 Å². The number of aromatic amines is 1. The third kappa shape index (κ3) is 3.00. The zero-order valence-corrected chi connectivity index (χ0v) is 13.6. The molecular formula is C13H18N6O2S. The Bertz CT molecular complexity index is 648. The Morgan fingerprint density at radius 1 is 1.50 bits per heavy atom. The van der Waals surface area contributed by atoms with Crippen molar-refractivity contribution in [2.24, 2.45) is 0 Å². The number of aromatic nitrogens is 5. The zero-order valence-electron chi connectivity index (χ0n) is 12.7. The van der Waals surface area contributed by atoms with Gasteiger partial charge in [-0.15, -0.1) is 5.10 Å². The number of morpholine rings is 1. The minimum absolute atomic E-state index is 0.0705. The molecule has 2 aromatic rings. The quantitative estimate of drug-likeness (QED) is 0.891. The summed E-state index contributed by atoms with van der Waals surface area (Å²) in [5.41, 5.74) is -0.132. The fraction of sp³-hybridized carbons (Fsp3) is 0.615. The molecule has 1 atom stereocenters. The molecule has 1 aliphatic rings. The predicted octanol–water partition coefficient (Wildman–Crippen LogP) is 1.17. The maximum atomic E-state index is 12.4. The van der Waals surface area contributed by atoms with Crippen LogP contribution < -0.4 is 0 Å². The molecule has 9 heteroatoms. The minimum atomic E-state index is -0.290. The fourth-order valence-electron chi connectivity index (χ4n) is 2.17. The SMILES string of the molecule is CC(C)(C)c1n[nH]c([C@H]2CN(C(=O)c3cnns3)CCO2)n1. The van der Waals surface area contributed by atoms with Crippen molar-refractivity contribution >= 4 is 17.4 Å². The molecule has 2 aromatic heterocycles. The van der Waals surface area contributed by atoms with E-state index in [0.717, 1.165) is 17.4 Å². The lowest BCUT2D eigenvalue weighted by Crippen LogP contribution is -2.42. The highest BCUT2D eigenvalue weighted by atomic mass is 32.1. The van der Waals surface area contributed by atoms with E-state index in [0.29, 0.717) is 30.4 Å². The molecule has 0 radical (unpaired) electrons. The Kier molecular flexibility index (Phi) is 3.92. The minimum Gasteiger partial charge on any atom is -0.367 e. The Morgan fingerprint density at radius 2 is 2.32 bits per heavy atom. The highest BCUT2D eigenvalue weighted by molar-refractivity contribution is 7.07. The van der Waals surface area contributed by atoms with E-state index >= 15 is 0 Å². The number of amides is 1. The fourth-order valence-corrected chi connectivity index (χ4v) is 2.65. The molecule has 0 bridgehead atoms. The van der Waals surface area contributed by atoms with E-state index in [-0.39, 0.29) is 17.4 Å². The van der Waals surface area contributed by atoms with Gasteiger partial charge < -0.3 is 9.64 Å². The summed E-state index contributed by atoms with van der Waals surface area (Å²) in [4.78, 5) is 19.1. The van der Waals surface area contributed by atoms with Crippen LogP contribution in [-0.4, -0.2) is 55.3 Å². The molecule has 0 spiro atoms. The van der Waals surface area contributed by atoms with E-state index in [4.69, 9.17) is 4.74 Å². The van der Waals surface area contributed by atoms with E-state index in [9.17, 15) is 4.79 Å². The van der Waals surface area contributed by atoms with Gasteiger partial charge in [0.15, 0.2) is 11.6 Å². The molecule has 1 fully saturated rings. The molecule has 1 amide bonds. The predicted molar refractivity (Wildman–Crippen MR) is 79.6 cm³/mol. The summed E-state index contributed by atoms with van der Waals surface area (Å²) in [5.74, 6) is 1.32. The highest BCUT2D eigenvalue weighted by Crippen LogP contribution is 2.24. The number of nitrogens with one attached hydrogen (secondary N) is 1. The summed E-state index contributed by atoms with van der Waals surface area (Å²) < 4.78 is 9.46. The summed E-state index contributed by atoms with van der Waals surface area (Å²) in [6, 6.07) is 0. The topological polar surface area (TPSA) is 96.9 Å². The summed E-state index contributed by atoms with van der Waals surface area (Å²) in [7, 11) is 0. The first-order chi connectivity index (χ1) is 10.4. The molecule has 0 saturated carbocycles. The molecule has 1 N–H and O–H groups in total. The van der Waals surface area contributed by atoms with Crippen LogP contribution in [0.2, 0.25) is 0 Å². The van der Waals surface area contributed by atoms with E-state index in [1.807, 2.05) is 20.8 Å². The van der Waals surface area contributed by atoms with Crippen molar-refractivity contribution in [3.05, 3.63) is 22.7 Å². The second-order valence-corrected chi connectivity index (χ2v) is 6.97. The Balaban J connectivity index is 1.73. The average molecular weight is 322 g/mol. The summed E-state index contributed by atoms with van der Waals surface area (Å²) in [6.45, 7) is 7.61. The number of ether oxygens (including phenoxy) is 1. The number of carbonyl (C=O) groups excluding carboxylic acids is 1. The molecule has 1 saturated heterocycles. The number of carbonyl (C=O) groups is 1. The molecule has 3 rings (SSSR count). The lowest BCUT2D eigenvalue weighted by atomic mass is 9.96. The van der Waals surface area contributed by atoms with Crippen LogP contribution >= 0.6 is 11.5 Å². The summed E-state index contributed by atoms with van der Waals surface area (Å²) >= 11 is 1.10. The molecule has 0 unspecified atom stereocenters. The number of nitrogens with zero attached hydrogens (tertiary/aromatic N) is 5. The highest BCUT2D eigenvalue weighted by Gasteiger charge is 2.30. The van der Waals surface area contributed by atoms with Crippen LogP contribution in [-0.2, 0) is 10.2 Å². The Labute approximate surface area is 132 Å². The monoisotopic (exact) mass is 322 g/mol. The molecular weight excluding hydrogens is 304 g/mol. The van der Waals surface area contributed by atoms with Crippen LogP contribution in [0.25, 0.3) is 0 Å². The van der Waals surface area contributed by atoms with Crippen molar-refractivity contribution in [1.29, 1.82) is 0 Å². The van der Waals surface area contributed by atoms with Gasteiger partial charge in [-0.2, -0.15) is 5.10 Å². The van der Waals surface area contributed by atoms with Gasteiger partial charge in [0.25, 0.3) is 5.91 Å². The summed E-state index contributed by atoms with van der Waals surface area (Å²) in [6.07, 6.45) is 1.20. The largest absolute Gasteiger partial charge is 0.367 e. The normalized spacial score (nSPS) is 19.4. The maximum absolute atomic E-state index is 12.4. The molecule has 1 aliphatic heterocycles. The van der Waals surface area contributed by atoms with Gasteiger partial charge in [0.05, 0.1) is 19.3 Å². The van der Waals surface area contributed by atoms with Crippen molar-refractivity contribution in [3.63, 3.8) is 0 Å². The first-order valence-corrected chi connectivity index (χ1v) is 7.83. The van der Waals surface area contributed by atoms with Crippen molar-refractivity contribution < 1.29 is 9.53 Å². The van der Waals surface area contributed by atoms with E-state index in [1.165, 1.54) is 6.20 Å². The smallest absolute Gasteiger partial charge is 0.267 e. The van der Waals surface area contributed by atoms with Crippen LogP contribution in [0.5, 0.6) is 0 Å². The second kappa shape index (κ2) is 5.73. The van der Waals surface area contributed by atoms with Crippen LogP contribution in [0.3, 0.4) is 0 Å². The van der Waals surface area contributed by atoms with Gasteiger partial charge in [-0.05, 0) is 11.5 Å². The summed E-state index contributed by atoms with van der Waals surface area (Å²) in [5, 5.41) is 10.9. The molecule has 3 heterocycles. The zero-order chi connectivity index (χ0) is 15.7. The van der Waals surface area contributed by atoms with Crippen LogP contribution in [0.1, 0.15) is 48.2 Å². The van der Waals surface area contributed by atoms with Gasteiger partial charge in [-0.25, -0.2) is 4.98 Å². The van der Waals surface area contributed by atoms with Crippen molar-refractivity contribution in [2.45, 2.75) is 32.3 Å². The van der Waals surface area contributed by atoms with Crippen molar-refractivity contribution in [1.82, 2.24) is 29.7 Å². The molecule has 8 nitrogen and oxygen atoms in total. The van der Waals surface area contributed by atoms with Gasteiger partial charge in [0.2, 0.25) is 0 Å². The number of hydrogen-bond acceptors (Lipinski definition) is 7. The van der Waals surface area contributed by atoms with Crippen molar-refractivity contribution in [2.75, 3.05) is 19.7 Å². The van der Waals surface area contributed by atoms with E-state index in [1.54, 1.807) is 4.90 Å². The van der Waals surface area contributed by atoms with Gasteiger partial charge in [0.1, 0.15) is 11.0 Å². The first kappa shape index (κ1) is 15.0. The lowest BCUT2D eigenvalue weighted by Gasteiger charge is -2.31. The van der Waals surface area contributed by atoms with E-state index < -0.39 is 0 Å². The molecule has 22 heavy (non-hydrogen) atoms. The van der Waals surface area contributed by atoms with Crippen LogP contribution in [0.15, 0.2) is 6.20 Å². The number of hydrogen-bond donors (Lipinski definition) is 1.